The number of benzene rings is 1. The van der Waals surface area contributed by atoms with Crippen molar-refractivity contribution in [3.05, 3.63) is 70.2 Å². The fraction of sp³-hybridized carbons (Fsp3) is 0.533. The highest BCUT2D eigenvalue weighted by Gasteiger charge is 2.40. The summed E-state index contributed by atoms with van der Waals surface area (Å²) in [5.74, 6) is 6.26. The number of aromatic nitrogens is 7. The maximum atomic E-state index is 14.3. The van der Waals surface area contributed by atoms with E-state index >= 15 is 0 Å². The molecule has 3 amide bonds. The van der Waals surface area contributed by atoms with Crippen molar-refractivity contribution < 1.29 is 32.6 Å². The second-order valence-electron chi connectivity index (χ2n) is 17.7. The van der Waals surface area contributed by atoms with Crippen LogP contribution in [0.4, 0.5) is 20.3 Å². The number of rotatable bonds is 11. The van der Waals surface area contributed by atoms with Crippen molar-refractivity contribution in [2.45, 2.75) is 101 Å². The summed E-state index contributed by atoms with van der Waals surface area (Å²) in [6.07, 6.45) is 9.48. The number of imidazole rings is 1. The Morgan fingerprint density at radius 1 is 1.06 bits per heavy atom. The lowest BCUT2D eigenvalue weighted by atomic mass is 9.85. The molecule has 2 N–H and O–H groups in total. The number of nitrogens with zero attached hydrogens (tertiary/aromatic N) is 9. The summed E-state index contributed by atoms with van der Waals surface area (Å²) >= 11 is 0. The molecule has 8 heterocycles. The van der Waals surface area contributed by atoms with Crippen LogP contribution in [0.15, 0.2) is 47.7 Å². The van der Waals surface area contributed by atoms with E-state index in [4.69, 9.17) is 14.5 Å². The van der Waals surface area contributed by atoms with Crippen LogP contribution in [0.5, 0.6) is 0 Å². The predicted octanol–water partition coefficient (Wildman–Crippen LogP) is 4.38. The van der Waals surface area contributed by atoms with Crippen molar-refractivity contribution in [3.63, 3.8) is 0 Å². The minimum absolute atomic E-state index is 0.00580. The number of imide groups is 1. The molecule has 2 bridgehead atoms. The van der Waals surface area contributed by atoms with Gasteiger partial charge in [0.1, 0.15) is 17.4 Å². The van der Waals surface area contributed by atoms with Crippen molar-refractivity contribution in [2.75, 3.05) is 49.6 Å². The van der Waals surface area contributed by atoms with E-state index in [0.29, 0.717) is 47.8 Å². The van der Waals surface area contributed by atoms with Crippen LogP contribution in [-0.4, -0.2) is 114 Å². The molecule has 3 atom stereocenters. The number of ether oxygens (including phenoxy) is 2. The third-order valence-corrected chi connectivity index (χ3v) is 13.7. The number of nitrogens with one attached hydrogen (secondary N) is 2. The van der Waals surface area contributed by atoms with Gasteiger partial charge in [-0.05, 0) is 75.5 Å². The summed E-state index contributed by atoms with van der Waals surface area (Å²) in [6, 6.07) is 6.79. The van der Waals surface area contributed by atoms with Gasteiger partial charge < -0.3 is 24.6 Å². The van der Waals surface area contributed by atoms with E-state index in [1.807, 2.05) is 18.2 Å². The third-order valence-electron chi connectivity index (χ3n) is 13.7. The first-order valence-corrected chi connectivity index (χ1v) is 22.4. The Hall–Kier alpha value is -5.97. The van der Waals surface area contributed by atoms with Crippen LogP contribution in [-0.2, 0) is 26.1 Å². The van der Waals surface area contributed by atoms with Gasteiger partial charge in [0.25, 0.3) is 12.3 Å². The number of carbonyl (C=O) groups excluding carboxylic acids is 3. The van der Waals surface area contributed by atoms with E-state index in [1.165, 1.54) is 19.8 Å². The molecule has 336 valence electrons. The number of para-hydroxylation sites is 1. The van der Waals surface area contributed by atoms with E-state index in [0.717, 1.165) is 76.9 Å². The molecule has 0 spiro atoms. The highest BCUT2D eigenvalue weighted by molar-refractivity contribution is 6.08. The standard InChI is InChI=1S/C45H51F2N11O6/c1-53-40-28(6-4-7-35(40)58(45(53)62)36-12-13-38(59)51-44(36)61)5-2-3-20-63-31-14-17-54(18-15-31)23-27-8-10-29(11-9-27)57-25-34(39(52-57)41(46)47)49-43(60)33-22-48-56-19-16-37(50-42(33)56)55-24-32-21-30(55)26-64-32/h4,6-7,16,19,22,25,27,29-32,36,41H,3,8-15,17-18,20-21,23-24,26H2,1H3,(H,49,60)(H,51,59,61)/t27-,29-,30-,32-,36?/m1/s1. The number of piperidine rings is 2. The Bertz CT molecular complexity index is 2720. The van der Waals surface area contributed by atoms with Gasteiger partial charge in [0.2, 0.25) is 11.8 Å². The summed E-state index contributed by atoms with van der Waals surface area (Å²) in [4.78, 5) is 60.5. The fourth-order valence-corrected chi connectivity index (χ4v) is 10.3. The fourth-order valence-electron chi connectivity index (χ4n) is 10.3. The van der Waals surface area contributed by atoms with Gasteiger partial charge in [0.15, 0.2) is 11.3 Å². The summed E-state index contributed by atoms with van der Waals surface area (Å²) < 4.78 is 46.6. The van der Waals surface area contributed by atoms with Gasteiger partial charge in [-0.1, -0.05) is 17.9 Å². The first kappa shape index (κ1) is 42.0. The van der Waals surface area contributed by atoms with Crippen LogP contribution in [0.1, 0.15) is 104 Å². The molecule has 0 radical (unpaired) electrons. The van der Waals surface area contributed by atoms with Gasteiger partial charge in [-0.2, -0.15) is 10.2 Å². The number of carbonyl (C=O) groups is 3. The van der Waals surface area contributed by atoms with Crippen LogP contribution < -0.4 is 21.2 Å². The minimum Gasteiger partial charge on any atom is -0.377 e. The second kappa shape index (κ2) is 17.5. The lowest BCUT2D eigenvalue weighted by molar-refractivity contribution is -0.135. The number of likely N-dealkylation sites (tertiary alicyclic amines) is 1. The Morgan fingerprint density at radius 3 is 2.64 bits per heavy atom. The molecule has 1 unspecified atom stereocenters. The molecular weight excluding hydrogens is 829 g/mol. The molecule has 4 aromatic heterocycles. The highest BCUT2D eigenvalue weighted by atomic mass is 19.3. The first-order chi connectivity index (χ1) is 31.1. The monoisotopic (exact) mass is 879 g/mol. The average Bonchev–Trinajstić information content (AvgIpc) is 4.15. The molecule has 4 aliphatic heterocycles. The molecular formula is C45H51F2N11O6. The number of aryl methyl sites for hydroxylation is 1. The number of hydrogen-bond donors (Lipinski definition) is 2. The molecule has 64 heavy (non-hydrogen) atoms. The van der Waals surface area contributed by atoms with Crippen LogP contribution >= 0.6 is 0 Å². The maximum absolute atomic E-state index is 14.3. The third kappa shape index (κ3) is 8.18. The van der Waals surface area contributed by atoms with Gasteiger partial charge in [-0.15, -0.1) is 0 Å². The molecule has 10 rings (SSSR count). The quantitative estimate of drug-likeness (QED) is 0.110. The molecule has 1 saturated carbocycles. The molecule has 4 saturated heterocycles. The van der Waals surface area contributed by atoms with Gasteiger partial charge in [-0.3, -0.25) is 33.5 Å². The lowest BCUT2D eigenvalue weighted by Gasteiger charge is -2.36. The number of alkyl halides is 2. The topological polar surface area (TPSA) is 175 Å². The van der Waals surface area contributed by atoms with Crippen LogP contribution in [0.2, 0.25) is 0 Å². The lowest BCUT2D eigenvalue weighted by Crippen LogP contribution is -2.44. The molecule has 5 aromatic rings. The second-order valence-corrected chi connectivity index (χ2v) is 17.7. The van der Waals surface area contributed by atoms with E-state index in [9.17, 15) is 28.0 Å². The molecule has 5 fully saturated rings. The summed E-state index contributed by atoms with van der Waals surface area (Å²) in [5, 5.41) is 13.6. The molecule has 1 aromatic carbocycles. The van der Waals surface area contributed by atoms with Crippen molar-refractivity contribution >= 4 is 45.9 Å². The largest absolute Gasteiger partial charge is 0.377 e. The number of hydrogen-bond acceptors (Lipinski definition) is 11. The van der Waals surface area contributed by atoms with Gasteiger partial charge >= 0.3 is 5.69 Å². The zero-order valence-electron chi connectivity index (χ0n) is 35.6. The Kier molecular flexibility index (Phi) is 11.5. The number of halogens is 2. The summed E-state index contributed by atoms with van der Waals surface area (Å²) in [6.45, 7) is 4.73. The van der Waals surface area contributed by atoms with E-state index in [1.54, 1.807) is 30.2 Å². The first-order valence-electron chi connectivity index (χ1n) is 22.4. The number of fused-ring (bicyclic) bond motifs is 4. The molecule has 17 nitrogen and oxygen atoms in total. The van der Waals surface area contributed by atoms with Crippen molar-refractivity contribution in [1.29, 1.82) is 0 Å². The Morgan fingerprint density at radius 2 is 1.89 bits per heavy atom. The molecule has 1 aliphatic carbocycles. The SMILES string of the molecule is Cn1c(=O)n(C2CCC(=O)NC2=O)c2cccc(C#CCCOC3CCN(C[C@H]4CC[C@H](n5cc(NC(=O)c6cnn7ccc(N8C[C@H]9C[C@@H]8CO9)nc67)c(C(F)F)n5)CC4)CC3)c21. The number of amides is 3. The minimum atomic E-state index is -2.86. The van der Waals surface area contributed by atoms with E-state index in [-0.39, 0.29) is 60.0 Å². The summed E-state index contributed by atoms with van der Waals surface area (Å²) in [5.41, 5.74) is 1.71. The zero-order chi connectivity index (χ0) is 44.1. The van der Waals surface area contributed by atoms with Crippen molar-refractivity contribution in [2.24, 2.45) is 13.0 Å². The van der Waals surface area contributed by atoms with Crippen molar-refractivity contribution in [3.8, 4) is 11.8 Å². The van der Waals surface area contributed by atoms with Crippen molar-refractivity contribution in [1.82, 2.24) is 43.7 Å². The van der Waals surface area contributed by atoms with Crippen LogP contribution in [0, 0.1) is 17.8 Å². The summed E-state index contributed by atoms with van der Waals surface area (Å²) in [7, 11) is 1.67. The van der Waals surface area contributed by atoms with Crippen LogP contribution in [0.25, 0.3) is 16.7 Å². The number of morpholine rings is 1. The molecule has 5 aliphatic rings. The van der Waals surface area contributed by atoms with Crippen LogP contribution in [0.3, 0.4) is 0 Å². The normalized spacial score (nSPS) is 24.2. The highest BCUT2D eigenvalue weighted by Crippen LogP contribution is 2.36. The smallest absolute Gasteiger partial charge is 0.329 e. The zero-order valence-corrected chi connectivity index (χ0v) is 35.6. The Labute approximate surface area is 367 Å². The number of anilines is 2. The average molecular weight is 880 g/mol. The van der Waals surface area contributed by atoms with Gasteiger partial charge in [0, 0.05) is 58.5 Å². The Balaban J connectivity index is 0.682. The van der Waals surface area contributed by atoms with E-state index in [2.05, 4.69) is 42.5 Å². The molecule has 19 heteroatoms. The van der Waals surface area contributed by atoms with Gasteiger partial charge in [-0.25, -0.2) is 23.1 Å². The predicted molar refractivity (Wildman–Crippen MR) is 230 cm³/mol. The maximum Gasteiger partial charge on any atom is 0.329 e. The van der Waals surface area contributed by atoms with Gasteiger partial charge in [0.05, 0.1) is 66.0 Å². The van der Waals surface area contributed by atoms with E-state index < -0.39 is 30.0 Å².